The van der Waals surface area contributed by atoms with Crippen molar-refractivity contribution in [3.63, 3.8) is 0 Å². The number of aryl methyl sites for hydroxylation is 1. The van der Waals surface area contributed by atoms with Crippen molar-refractivity contribution >= 4 is 23.1 Å². The summed E-state index contributed by atoms with van der Waals surface area (Å²) in [6, 6.07) is 7.98. The van der Waals surface area contributed by atoms with E-state index in [1.54, 1.807) is 11.3 Å². The van der Waals surface area contributed by atoms with Crippen LogP contribution in [0.15, 0.2) is 35.8 Å². The summed E-state index contributed by atoms with van der Waals surface area (Å²) in [5.41, 5.74) is 2.48. The van der Waals surface area contributed by atoms with Crippen LogP contribution in [-0.4, -0.2) is 15.7 Å². The van der Waals surface area contributed by atoms with Gasteiger partial charge in [0.15, 0.2) is 12.1 Å². The fourth-order valence-corrected chi connectivity index (χ4v) is 2.59. The van der Waals surface area contributed by atoms with Gasteiger partial charge in [0.05, 0.1) is 10.4 Å². The molecular formula is C13H10N2OS. The lowest BCUT2D eigenvalue weighted by Gasteiger charge is -1.99. The third kappa shape index (κ3) is 1.57. The second kappa shape index (κ2) is 3.82. The lowest BCUT2D eigenvalue weighted by atomic mass is 10.2. The number of carbonyl (C=O) groups is 1. The maximum atomic E-state index is 11.0. The first-order valence-electron chi connectivity index (χ1n) is 5.27. The molecule has 3 heterocycles. The minimum atomic E-state index is 0.497. The highest BCUT2D eigenvalue weighted by Crippen LogP contribution is 2.26. The van der Waals surface area contributed by atoms with Gasteiger partial charge in [0, 0.05) is 6.20 Å². The van der Waals surface area contributed by atoms with Crippen molar-refractivity contribution in [3.8, 4) is 10.7 Å². The number of hydrogen-bond donors (Lipinski definition) is 0. The molecule has 0 fully saturated rings. The minimum absolute atomic E-state index is 0.497. The van der Waals surface area contributed by atoms with Crippen molar-refractivity contribution in [3.05, 3.63) is 47.1 Å². The zero-order valence-electron chi connectivity index (χ0n) is 9.25. The molecule has 0 spiro atoms. The van der Waals surface area contributed by atoms with Crippen molar-refractivity contribution in [2.24, 2.45) is 0 Å². The molecule has 0 radical (unpaired) electrons. The predicted octanol–water partition coefficient (Wildman–Crippen LogP) is 3.18. The molecule has 0 saturated heterocycles. The molecule has 0 aliphatic carbocycles. The van der Waals surface area contributed by atoms with E-state index in [-0.39, 0.29) is 0 Å². The van der Waals surface area contributed by atoms with Crippen molar-refractivity contribution in [2.45, 2.75) is 6.92 Å². The van der Waals surface area contributed by atoms with Gasteiger partial charge in [0.2, 0.25) is 0 Å². The Bertz CT molecular complexity index is 683. The van der Waals surface area contributed by atoms with Gasteiger partial charge < -0.3 is 0 Å². The number of fused-ring (bicyclic) bond motifs is 1. The maximum absolute atomic E-state index is 11.0. The monoisotopic (exact) mass is 242 g/mol. The smallest absolute Gasteiger partial charge is 0.170 e. The van der Waals surface area contributed by atoms with Gasteiger partial charge in [0.25, 0.3) is 0 Å². The average Bonchev–Trinajstić information content (AvgIpc) is 2.94. The van der Waals surface area contributed by atoms with Crippen molar-refractivity contribution in [1.29, 1.82) is 0 Å². The number of carbonyl (C=O) groups excluding carboxylic acids is 1. The van der Waals surface area contributed by atoms with E-state index in [2.05, 4.69) is 4.98 Å². The Hall–Kier alpha value is -1.94. The topological polar surface area (TPSA) is 34.4 Å². The molecular weight excluding hydrogens is 232 g/mol. The standard InChI is InChI=1S/C13H10N2OS/c1-9-4-5-15-11(7-9)10(8-16)14-13(15)12-3-2-6-17-12/h2-8H,1H3. The maximum Gasteiger partial charge on any atom is 0.170 e. The molecule has 0 saturated carbocycles. The number of hydrogen-bond acceptors (Lipinski definition) is 3. The molecule has 0 amide bonds. The Labute approximate surface area is 102 Å². The first-order chi connectivity index (χ1) is 8.29. The summed E-state index contributed by atoms with van der Waals surface area (Å²) in [5.74, 6) is 0.831. The molecule has 0 N–H and O–H groups in total. The largest absolute Gasteiger partial charge is 0.298 e. The van der Waals surface area contributed by atoms with Gasteiger partial charge in [-0.2, -0.15) is 0 Å². The van der Waals surface area contributed by atoms with Crippen LogP contribution in [0.4, 0.5) is 0 Å². The Balaban J connectivity index is 2.37. The van der Waals surface area contributed by atoms with Crippen LogP contribution in [0.2, 0.25) is 0 Å². The fraction of sp³-hybridized carbons (Fsp3) is 0.0769. The second-order valence-corrected chi connectivity index (χ2v) is 4.82. The third-order valence-corrected chi connectivity index (χ3v) is 3.55. The van der Waals surface area contributed by atoms with Gasteiger partial charge in [0.1, 0.15) is 5.69 Å². The summed E-state index contributed by atoms with van der Waals surface area (Å²) in [6.45, 7) is 2.01. The predicted molar refractivity (Wildman–Crippen MR) is 68.6 cm³/mol. The summed E-state index contributed by atoms with van der Waals surface area (Å²) >= 11 is 1.62. The molecule has 3 aromatic rings. The van der Waals surface area contributed by atoms with E-state index in [0.29, 0.717) is 5.69 Å². The first kappa shape index (κ1) is 10.2. The molecule has 84 valence electrons. The van der Waals surface area contributed by atoms with Crippen LogP contribution >= 0.6 is 11.3 Å². The Kier molecular flexibility index (Phi) is 2.30. The van der Waals surface area contributed by atoms with Gasteiger partial charge >= 0.3 is 0 Å². The van der Waals surface area contributed by atoms with Crippen molar-refractivity contribution in [1.82, 2.24) is 9.38 Å². The van der Waals surface area contributed by atoms with Gasteiger partial charge in [-0.3, -0.25) is 9.20 Å². The number of rotatable bonds is 2. The molecule has 0 aliphatic rings. The van der Waals surface area contributed by atoms with Crippen LogP contribution in [0.25, 0.3) is 16.2 Å². The molecule has 4 heteroatoms. The number of imidazole rings is 1. The molecule has 0 bridgehead atoms. The molecule has 17 heavy (non-hydrogen) atoms. The highest BCUT2D eigenvalue weighted by Gasteiger charge is 2.12. The Morgan fingerprint density at radius 2 is 2.29 bits per heavy atom. The molecule has 3 nitrogen and oxygen atoms in total. The van der Waals surface area contributed by atoms with E-state index >= 15 is 0 Å². The van der Waals surface area contributed by atoms with Crippen LogP contribution in [0, 0.1) is 6.92 Å². The molecule has 0 unspecified atom stereocenters. The molecule has 0 aromatic carbocycles. The zero-order valence-corrected chi connectivity index (χ0v) is 10.1. The van der Waals surface area contributed by atoms with Crippen LogP contribution < -0.4 is 0 Å². The number of aromatic nitrogens is 2. The lowest BCUT2D eigenvalue weighted by molar-refractivity contribution is 0.112. The van der Waals surface area contributed by atoms with E-state index in [1.165, 1.54) is 0 Å². The summed E-state index contributed by atoms with van der Waals surface area (Å²) in [5, 5.41) is 2.01. The summed E-state index contributed by atoms with van der Waals surface area (Å²) in [4.78, 5) is 16.5. The number of aldehydes is 1. The molecule has 3 rings (SSSR count). The molecule has 0 aliphatic heterocycles. The second-order valence-electron chi connectivity index (χ2n) is 3.88. The molecule has 3 aromatic heterocycles. The van der Waals surface area contributed by atoms with Crippen molar-refractivity contribution < 1.29 is 4.79 Å². The number of nitrogens with zero attached hydrogens (tertiary/aromatic N) is 2. The van der Waals surface area contributed by atoms with Gasteiger partial charge in [-0.25, -0.2) is 4.98 Å². The van der Waals surface area contributed by atoms with Crippen LogP contribution in [-0.2, 0) is 0 Å². The average molecular weight is 242 g/mol. The van der Waals surface area contributed by atoms with E-state index in [1.807, 2.05) is 47.2 Å². The van der Waals surface area contributed by atoms with Gasteiger partial charge in [-0.05, 0) is 36.1 Å². The quantitative estimate of drug-likeness (QED) is 0.647. The van der Waals surface area contributed by atoms with Crippen LogP contribution in [0.5, 0.6) is 0 Å². The highest BCUT2D eigenvalue weighted by atomic mass is 32.1. The summed E-state index contributed by atoms with van der Waals surface area (Å²) in [6.07, 6.45) is 2.77. The zero-order chi connectivity index (χ0) is 11.8. The Morgan fingerprint density at radius 1 is 1.41 bits per heavy atom. The first-order valence-corrected chi connectivity index (χ1v) is 6.15. The molecule has 0 atom stereocenters. The van der Waals surface area contributed by atoms with Crippen molar-refractivity contribution in [2.75, 3.05) is 0 Å². The third-order valence-electron chi connectivity index (χ3n) is 2.68. The normalized spacial score (nSPS) is 10.9. The Morgan fingerprint density at radius 3 is 3.00 bits per heavy atom. The SMILES string of the molecule is Cc1ccn2c(-c3cccs3)nc(C=O)c2c1. The summed E-state index contributed by atoms with van der Waals surface area (Å²) < 4.78 is 1.96. The van der Waals surface area contributed by atoms with Crippen LogP contribution in [0.1, 0.15) is 16.1 Å². The van der Waals surface area contributed by atoms with Gasteiger partial charge in [-0.1, -0.05) is 6.07 Å². The van der Waals surface area contributed by atoms with E-state index in [9.17, 15) is 4.79 Å². The van der Waals surface area contributed by atoms with E-state index in [4.69, 9.17) is 0 Å². The summed E-state index contributed by atoms with van der Waals surface area (Å²) in [7, 11) is 0. The number of thiophene rings is 1. The number of pyridine rings is 1. The van der Waals surface area contributed by atoms with Crippen LogP contribution in [0.3, 0.4) is 0 Å². The van der Waals surface area contributed by atoms with E-state index in [0.717, 1.165) is 28.1 Å². The van der Waals surface area contributed by atoms with Gasteiger partial charge in [-0.15, -0.1) is 11.3 Å². The lowest BCUT2D eigenvalue weighted by Crippen LogP contribution is -1.87. The van der Waals surface area contributed by atoms with E-state index < -0.39 is 0 Å². The highest BCUT2D eigenvalue weighted by molar-refractivity contribution is 7.13. The fourth-order valence-electron chi connectivity index (χ4n) is 1.88. The minimum Gasteiger partial charge on any atom is -0.298 e.